The Balaban J connectivity index is 1.53. The number of halogens is 1. The van der Waals surface area contributed by atoms with E-state index in [4.69, 9.17) is 16.3 Å². The molecule has 0 amide bonds. The highest BCUT2D eigenvalue weighted by Crippen LogP contribution is 2.31. The summed E-state index contributed by atoms with van der Waals surface area (Å²) in [6.45, 7) is 6.87. The molecule has 1 saturated heterocycles. The molecule has 1 N–H and O–H groups in total. The lowest BCUT2D eigenvalue weighted by Crippen LogP contribution is -2.46. The van der Waals surface area contributed by atoms with Gasteiger partial charge in [0.25, 0.3) is 0 Å². The van der Waals surface area contributed by atoms with Gasteiger partial charge in [-0.1, -0.05) is 30.7 Å². The zero-order valence-electron chi connectivity index (χ0n) is 21.5. The van der Waals surface area contributed by atoms with E-state index in [0.717, 1.165) is 61.4 Å². The Morgan fingerprint density at radius 2 is 1.70 bits per heavy atom. The molecule has 37 heavy (non-hydrogen) atoms. The van der Waals surface area contributed by atoms with Gasteiger partial charge in [-0.25, -0.2) is 17.7 Å². The monoisotopic (exact) mass is 543 g/mol. The summed E-state index contributed by atoms with van der Waals surface area (Å²) >= 11 is 6.02. The van der Waals surface area contributed by atoms with Gasteiger partial charge in [0.15, 0.2) is 5.82 Å². The molecule has 10 heteroatoms. The van der Waals surface area contributed by atoms with Crippen molar-refractivity contribution >= 4 is 38.8 Å². The van der Waals surface area contributed by atoms with E-state index in [9.17, 15) is 8.42 Å². The molecule has 1 fully saturated rings. The zero-order valence-corrected chi connectivity index (χ0v) is 23.1. The van der Waals surface area contributed by atoms with E-state index in [2.05, 4.69) is 39.2 Å². The van der Waals surface area contributed by atoms with Gasteiger partial charge in [0.2, 0.25) is 10.0 Å². The number of aromatic nitrogens is 1. The molecule has 4 rings (SSSR count). The van der Waals surface area contributed by atoms with Crippen molar-refractivity contribution in [1.82, 2.24) is 14.2 Å². The molecule has 0 atom stereocenters. The van der Waals surface area contributed by atoms with Crippen LogP contribution in [0, 0.1) is 0 Å². The lowest BCUT2D eigenvalue weighted by atomic mass is 10.2. The van der Waals surface area contributed by atoms with Gasteiger partial charge in [-0.2, -0.15) is 0 Å². The van der Waals surface area contributed by atoms with Crippen LogP contribution in [0.4, 0.5) is 17.2 Å². The van der Waals surface area contributed by atoms with E-state index in [1.807, 2.05) is 36.4 Å². The van der Waals surface area contributed by atoms with Crippen LogP contribution in [-0.2, 0) is 16.6 Å². The number of piperazine rings is 1. The first-order valence-corrected chi connectivity index (χ1v) is 14.2. The van der Waals surface area contributed by atoms with Crippen LogP contribution in [0.5, 0.6) is 5.75 Å². The molecule has 198 valence electrons. The van der Waals surface area contributed by atoms with Crippen LogP contribution in [-0.4, -0.2) is 69.5 Å². The first-order chi connectivity index (χ1) is 17.8. The minimum atomic E-state index is -3.63. The van der Waals surface area contributed by atoms with Crippen molar-refractivity contribution in [3.63, 3.8) is 0 Å². The Labute approximate surface area is 224 Å². The molecule has 8 nitrogen and oxygen atoms in total. The highest BCUT2D eigenvalue weighted by molar-refractivity contribution is 7.89. The van der Waals surface area contributed by atoms with E-state index >= 15 is 0 Å². The van der Waals surface area contributed by atoms with Crippen LogP contribution in [0.1, 0.15) is 18.9 Å². The van der Waals surface area contributed by atoms with Crippen LogP contribution < -0.4 is 15.0 Å². The summed E-state index contributed by atoms with van der Waals surface area (Å²) in [7, 11) is -0.590. The predicted octanol–water partition coefficient (Wildman–Crippen LogP) is 4.84. The summed E-state index contributed by atoms with van der Waals surface area (Å²) in [4.78, 5) is 9.37. The third-order valence-corrected chi connectivity index (χ3v) is 8.25. The SMILES string of the molecule is CCCOc1ccc(Nc2cc(S(=O)(=O)N(C)C)cnc2N2CCN(Cc3ccc(Cl)cc3)CC2)cc1. The second-order valence-electron chi connectivity index (χ2n) is 9.22. The maximum atomic E-state index is 12.8. The molecule has 0 bridgehead atoms. The van der Waals surface area contributed by atoms with E-state index in [0.29, 0.717) is 12.3 Å². The third kappa shape index (κ3) is 6.93. The van der Waals surface area contributed by atoms with Crippen LogP contribution in [0.3, 0.4) is 0 Å². The second kappa shape index (κ2) is 12.1. The molecular formula is C27H34ClN5O3S. The number of hydrogen-bond donors (Lipinski definition) is 1. The number of pyridine rings is 1. The highest BCUT2D eigenvalue weighted by Gasteiger charge is 2.24. The van der Waals surface area contributed by atoms with Gasteiger partial charge in [-0.05, 0) is 54.4 Å². The normalized spacial score (nSPS) is 14.7. The van der Waals surface area contributed by atoms with Gasteiger partial charge in [-0.3, -0.25) is 4.90 Å². The van der Waals surface area contributed by atoms with Gasteiger partial charge < -0.3 is 15.0 Å². The molecule has 1 aliphatic heterocycles. The standard InChI is InChI=1S/C27H34ClN5O3S/c1-4-17-36-24-11-9-23(10-12-24)30-26-18-25(37(34,35)31(2)3)19-29-27(26)33-15-13-32(14-16-33)20-21-5-7-22(28)8-6-21/h5-12,18-19,30H,4,13-17,20H2,1-3H3. The van der Waals surface area contributed by atoms with E-state index in [-0.39, 0.29) is 4.90 Å². The van der Waals surface area contributed by atoms with E-state index in [1.54, 1.807) is 6.07 Å². The van der Waals surface area contributed by atoms with Crippen molar-refractivity contribution in [3.8, 4) is 5.75 Å². The molecule has 1 aromatic heterocycles. The predicted molar refractivity (Wildman–Crippen MR) is 150 cm³/mol. The number of anilines is 3. The van der Waals surface area contributed by atoms with E-state index < -0.39 is 10.0 Å². The summed E-state index contributed by atoms with van der Waals surface area (Å²) in [6.07, 6.45) is 2.38. The number of sulfonamides is 1. The lowest BCUT2D eigenvalue weighted by Gasteiger charge is -2.36. The average Bonchev–Trinajstić information content (AvgIpc) is 2.90. The van der Waals surface area contributed by atoms with Gasteiger partial charge in [0.1, 0.15) is 10.6 Å². The van der Waals surface area contributed by atoms with Crippen molar-refractivity contribution in [2.24, 2.45) is 0 Å². The Morgan fingerprint density at radius 1 is 1.03 bits per heavy atom. The number of nitrogens with zero attached hydrogens (tertiary/aromatic N) is 4. The Hall–Kier alpha value is -2.85. The highest BCUT2D eigenvalue weighted by atomic mass is 35.5. The van der Waals surface area contributed by atoms with Crippen LogP contribution in [0.15, 0.2) is 65.7 Å². The second-order valence-corrected chi connectivity index (χ2v) is 11.8. The van der Waals surface area contributed by atoms with Gasteiger partial charge in [-0.15, -0.1) is 0 Å². The fourth-order valence-electron chi connectivity index (χ4n) is 4.11. The van der Waals surface area contributed by atoms with Crippen molar-refractivity contribution in [1.29, 1.82) is 0 Å². The van der Waals surface area contributed by atoms with Crippen LogP contribution in [0.25, 0.3) is 0 Å². The minimum absolute atomic E-state index is 0.146. The first kappa shape index (κ1) is 27.2. The quantitative estimate of drug-likeness (QED) is 0.392. The molecule has 0 saturated carbocycles. The number of benzene rings is 2. The summed E-state index contributed by atoms with van der Waals surface area (Å²) in [6, 6.07) is 17.3. The number of hydrogen-bond acceptors (Lipinski definition) is 7. The Bertz CT molecular complexity index is 1280. The number of rotatable bonds is 10. The molecule has 0 aliphatic carbocycles. The molecule has 1 aliphatic rings. The average molecular weight is 544 g/mol. The van der Waals surface area contributed by atoms with Crippen molar-refractivity contribution in [3.05, 3.63) is 71.4 Å². The van der Waals surface area contributed by atoms with Gasteiger partial charge in [0.05, 0.1) is 12.3 Å². The van der Waals surface area contributed by atoms with Crippen molar-refractivity contribution in [2.75, 3.05) is 57.1 Å². The van der Waals surface area contributed by atoms with E-state index in [1.165, 1.54) is 30.2 Å². The molecule has 0 spiro atoms. The van der Waals surface area contributed by atoms with Crippen LogP contribution >= 0.6 is 11.6 Å². The van der Waals surface area contributed by atoms with Crippen LogP contribution in [0.2, 0.25) is 5.02 Å². The largest absolute Gasteiger partial charge is 0.494 e. The van der Waals surface area contributed by atoms with Gasteiger partial charge >= 0.3 is 0 Å². The molecule has 0 unspecified atom stereocenters. The number of nitrogens with one attached hydrogen (secondary N) is 1. The fourth-order valence-corrected chi connectivity index (χ4v) is 5.11. The fraction of sp³-hybridized carbons (Fsp3) is 0.370. The molecule has 2 heterocycles. The molecular weight excluding hydrogens is 510 g/mol. The Kier molecular flexibility index (Phi) is 8.91. The summed E-state index contributed by atoms with van der Waals surface area (Å²) in [5.74, 6) is 1.53. The minimum Gasteiger partial charge on any atom is -0.494 e. The summed E-state index contributed by atoms with van der Waals surface area (Å²) in [5.41, 5.74) is 2.70. The first-order valence-electron chi connectivity index (χ1n) is 12.4. The third-order valence-electron chi connectivity index (χ3n) is 6.22. The maximum absolute atomic E-state index is 12.8. The number of ether oxygens (including phenoxy) is 1. The summed E-state index contributed by atoms with van der Waals surface area (Å²) < 4.78 is 32.5. The smallest absolute Gasteiger partial charge is 0.244 e. The topological polar surface area (TPSA) is 78.0 Å². The maximum Gasteiger partial charge on any atom is 0.244 e. The molecule has 3 aromatic rings. The van der Waals surface area contributed by atoms with Crippen molar-refractivity contribution in [2.45, 2.75) is 24.8 Å². The Morgan fingerprint density at radius 3 is 2.32 bits per heavy atom. The molecule has 2 aromatic carbocycles. The molecule has 0 radical (unpaired) electrons. The summed E-state index contributed by atoms with van der Waals surface area (Å²) in [5, 5.41) is 4.13. The van der Waals surface area contributed by atoms with Crippen molar-refractivity contribution < 1.29 is 13.2 Å². The lowest BCUT2D eigenvalue weighted by molar-refractivity contribution is 0.249. The zero-order chi connectivity index (χ0) is 26.4. The van der Waals surface area contributed by atoms with Gasteiger partial charge in [0, 0.05) is 63.7 Å².